The smallest absolute Gasteiger partial charge is 0.261 e. The number of anilines is 1. The fourth-order valence-corrected chi connectivity index (χ4v) is 5.39. The average molecular weight is 411 g/mol. The fourth-order valence-electron chi connectivity index (χ4n) is 2.46. The summed E-state index contributed by atoms with van der Waals surface area (Å²) in [6.07, 6.45) is 2.99. The van der Waals surface area contributed by atoms with Gasteiger partial charge in [-0.25, -0.2) is 21.8 Å². The summed E-state index contributed by atoms with van der Waals surface area (Å²) >= 11 is 1.01. The lowest BCUT2D eigenvalue weighted by Crippen LogP contribution is -2.12. The summed E-state index contributed by atoms with van der Waals surface area (Å²) in [4.78, 5) is 4.24. The molecule has 3 aromatic rings. The maximum atomic E-state index is 12.6. The molecule has 0 saturated carbocycles. The average Bonchev–Trinajstić information content (AvgIpc) is 2.99. The van der Waals surface area contributed by atoms with Crippen LogP contribution >= 0.6 is 11.3 Å². The molecule has 1 aromatic heterocycles. The van der Waals surface area contributed by atoms with Gasteiger partial charge in [0.25, 0.3) is 10.0 Å². The van der Waals surface area contributed by atoms with Gasteiger partial charge in [-0.1, -0.05) is 25.5 Å². The molecular weight excluding hydrogens is 392 g/mol. The molecule has 0 spiro atoms. The van der Waals surface area contributed by atoms with Gasteiger partial charge < -0.3 is 0 Å². The minimum absolute atomic E-state index is 0.0130. The topological polar surface area (TPSA) is 93.2 Å². The molecule has 0 fully saturated rings. The Kier molecular flexibility index (Phi) is 5.05. The van der Waals surface area contributed by atoms with Gasteiger partial charge in [-0.3, -0.25) is 4.72 Å². The molecule has 0 saturated heterocycles. The molecule has 138 valence electrons. The van der Waals surface area contributed by atoms with Crippen molar-refractivity contribution in [1.82, 2.24) is 4.98 Å². The second-order valence-electron chi connectivity index (χ2n) is 5.93. The Morgan fingerprint density at radius 3 is 2.35 bits per heavy atom. The number of rotatable bonds is 6. The molecular formula is C17H18N2O4S3. The zero-order chi connectivity index (χ0) is 18.9. The van der Waals surface area contributed by atoms with Crippen LogP contribution < -0.4 is 4.72 Å². The van der Waals surface area contributed by atoms with Crippen molar-refractivity contribution in [2.75, 3.05) is 11.0 Å². The first-order valence-electron chi connectivity index (χ1n) is 7.91. The number of sulfone groups is 1. The molecule has 0 bridgehead atoms. The van der Waals surface area contributed by atoms with Crippen molar-refractivity contribution in [3.63, 3.8) is 0 Å². The van der Waals surface area contributed by atoms with E-state index in [0.29, 0.717) is 15.9 Å². The second-order valence-corrected chi connectivity index (χ2v) is 10.8. The van der Waals surface area contributed by atoms with E-state index in [9.17, 15) is 16.8 Å². The Morgan fingerprint density at radius 2 is 1.73 bits per heavy atom. The Morgan fingerprint density at radius 1 is 1.04 bits per heavy atom. The molecule has 3 rings (SSSR count). The third kappa shape index (κ3) is 4.05. The van der Waals surface area contributed by atoms with Gasteiger partial charge in [0.1, 0.15) is 0 Å². The van der Waals surface area contributed by atoms with Crippen LogP contribution in [-0.4, -0.2) is 28.1 Å². The molecule has 0 aliphatic rings. The van der Waals surface area contributed by atoms with Crippen molar-refractivity contribution in [2.45, 2.75) is 29.0 Å². The van der Waals surface area contributed by atoms with Gasteiger partial charge in [-0.2, -0.15) is 0 Å². The highest BCUT2D eigenvalue weighted by molar-refractivity contribution is 7.93. The minimum atomic E-state index is -3.72. The normalized spacial score (nSPS) is 12.4. The highest BCUT2D eigenvalue weighted by Gasteiger charge is 2.17. The number of thiazole rings is 1. The lowest BCUT2D eigenvalue weighted by atomic mass is 10.1. The van der Waals surface area contributed by atoms with Crippen LogP contribution in [0.3, 0.4) is 0 Å². The van der Waals surface area contributed by atoms with Crippen molar-refractivity contribution in [3.8, 4) is 0 Å². The van der Waals surface area contributed by atoms with E-state index in [-0.39, 0.29) is 9.24 Å². The van der Waals surface area contributed by atoms with E-state index in [2.05, 4.69) is 16.6 Å². The van der Waals surface area contributed by atoms with Gasteiger partial charge in [0.15, 0.2) is 0 Å². The Labute approximate surface area is 156 Å². The molecule has 26 heavy (non-hydrogen) atoms. The first-order valence-corrected chi connectivity index (χ1v) is 12.1. The van der Waals surface area contributed by atoms with Crippen LogP contribution in [0, 0.1) is 0 Å². The number of benzene rings is 2. The second kappa shape index (κ2) is 6.98. The van der Waals surface area contributed by atoms with Crippen LogP contribution in [-0.2, 0) is 26.3 Å². The summed E-state index contributed by atoms with van der Waals surface area (Å²) in [5, 5.41) is 0. The summed E-state index contributed by atoms with van der Waals surface area (Å²) in [6, 6.07) is 11.5. The van der Waals surface area contributed by atoms with Crippen LogP contribution in [0.5, 0.6) is 0 Å². The van der Waals surface area contributed by atoms with Gasteiger partial charge >= 0.3 is 0 Å². The number of sulfonamides is 1. The SMILES string of the molecule is CCCc1ccc(S(=O)(=O)Nc2ccc3nc(S(C)(=O)=O)sc3c2)cc1. The van der Waals surface area contributed by atoms with Crippen LogP contribution in [0.1, 0.15) is 18.9 Å². The van der Waals surface area contributed by atoms with E-state index < -0.39 is 19.9 Å². The predicted molar refractivity (Wildman–Crippen MR) is 104 cm³/mol. The highest BCUT2D eigenvalue weighted by Crippen LogP contribution is 2.28. The molecule has 0 atom stereocenters. The summed E-state index contributed by atoms with van der Waals surface area (Å²) in [6.45, 7) is 2.07. The van der Waals surface area contributed by atoms with E-state index in [0.717, 1.165) is 36.0 Å². The van der Waals surface area contributed by atoms with E-state index >= 15 is 0 Å². The van der Waals surface area contributed by atoms with Gasteiger partial charge in [0, 0.05) is 6.26 Å². The molecule has 2 aromatic carbocycles. The first kappa shape index (κ1) is 18.8. The minimum Gasteiger partial charge on any atom is -0.280 e. The summed E-state index contributed by atoms with van der Waals surface area (Å²) in [5.41, 5.74) is 1.96. The molecule has 6 nitrogen and oxygen atoms in total. The lowest BCUT2D eigenvalue weighted by molar-refractivity contribution is 0.599. The third-order valence-electron chi connectivity index (χ3n) is 3.71. The summed E-state index contributed by atoms with van der Waals surface area (Å²) in [5.74, 6) is 0. The maximum absolute atomic E-state index is 12.6. The van der Waals surface area contributed by atoms with Crippen molar-refractivity contribution in [3.05, 3.63) is 48.0 Å². The molecule has 1 heterocycles. The van der Waals surface area contributed by atoms with Crippen LogP contribution in [0.15, 0.2) is 51.7 Å². The zero-order valence-electron chi connectivity index (χ0n) is 14.3. The first-order chi connectivity index (χ1) is 12.2. The van der Waals surface area contributed by atoms with Gasteiger partial charge in [-0.15, -0.1) is 11.3 Å². The standard InChI is InChI=1S/C17H18N2O4S3/c1-3-4-12-5-8-14(9-6-12)26(22,23)19-13-7-10-15-16(11-13)24-17(18-15)25(2,20)21/h5-11,19H,3-4H2,1-2H3. The van der Waals surface area contributed by atoms with E-state index in [4.69, 9.17) is 0 Å². The number of aryl methyl sites for hydroxylation is 1. The van der Waals surface area contributed by atoms with E-state index in [1.54, 1.807) is 30.3 Å². The summed E-state index contributed by atoms with van der Waals surface area (Å²) < 4.78 is 51.5. The molecule has 9 heteroatoms. The quantitative estimate of drug-likeness (QED) is 0.672. The maximum Gasteiger partial charge on any atom is 0.261 e. The van der Waals surface area contributed by atoms with Gasteiger partial charge in [-0.05, 0) is 42.3 Å². The number of hydrogen-bond donors (Lipinski definition) is 1. The molecule has 0 aliphatic heterocycles. The van der Waals surface area contributed by atoms with Crippen LogP contribution in [0.25, 0.3) is 10.2 Å². The number of hydrogen-bond acceptors (Lipinski definition) is 6. The zero-order valence-corrected chi connectivity index (χ0v) is 16.7. The van der Waals surface area contributed by atoms with Crippen molar-refractivity contribution in [1.29, 1.82) is 0 Å². The van der Waals surface area contributed by atoms with E-state index in [1.807, 2.05) is 12.1 Å². The number of fused-ring (bicyclic) bond motifs is 1. The lowest BCUT2D eigenvalue weighted by Gasteiger charge is -2.08. The number of aromatic nitrogens is 1. The Balaban J connectivity index is 1.89. The molecule has 0 unspecified atom stereocenters. The van der Waals surface area contributed by atoms with E-state index in [1.165, 1.54) is 0 Å². The van der Waals surface area contributed by atoms with Crippen molar-refractivity contribution < 1.29 is 16.8 Å². The van der Waals surface area contributed by atoms with Gasteiger partial charge in [0.05, 0.1) is 20.8 Å². The van der Waals surface area contributed by atoms with Crippen molar-refractivity contribution in [2.24, 2.45) is 0 Å². The molecule has 0 amide bonds. The van der Waals surface area contributed by atoms with Crippen molar-refractivity contribution >= 4 is 47.1 Å². The fraction of sp³-hybridized carbons (Fsp3) is 0.235. The number of nitrogens with one attached hydrogen (secondary N) is 1. The molecule has 1 N–H and O–H groups in total. The monoisotopic (exact) mass is 410 g/mol. The molecule has 0 radical (unpaired) electrons. The number of nitrogens with zero attached hydrogens (tertiary/aromatic N) is 1. The largest absolute Gasteiger partial charge is 0.280 e. The Hall–Kier alpha value is -1.97. The summed E-state index contributed by atoms with van der Waals surface area (Å²) in [7, 11) is -7.12. The Bertz CT molecular complexity index is 1150. The highest BCUT2D eigenvalue weighted by atomic mass is 32.2. The van der Waals surface area contributed by atoms with Crippen LogP contribution in [0.2, 0.25) is 0 Å². The molecule has 0 aliphatic carbocycles. The van der Waals surface area contributed by atoms with Crippen LogP contribution in [0.4, 0.5) is 5.69 Å². The predicted octanol–water partition coefficient (Wildman–Crippen LogP) is 3.45. The van der Waals surface area contributed by atoms with Gasteiger partial charge in [0.2, 0.25) is 14.2 Å². The third-order valence-corrected chi connectivity index (χ3v) is 7.80.